The van der Waals surface area contributed by atoms with Gasteiger partial charge < -0.3 is 25.8 Å². The summed E-state index contributed by atoms with van der Waals surface area (Å²) >= 11 is 1.50. The van der Waals surface area contributed by atoms with Gasteiger partial charge in [0, 0.05) is 29.6 Å². The molecule has 1 amide bonds. The molecule has 0 unspecified atom stereocenters. The number of carbonyl (C=O) groups excluding carboxylic acids is 1. The van der Waals surface area contributed by atoms with Gasteiger partial charge in [0.15, 0.2) is 0 Å². The Hall–Kier alpha value is -2.79. The zero-order chi connectivity index (χ0) is 24.4. The topological polar surface area (TPSA) is 111 Å². The first-order valence-corrected chi connectivity index (χ1v) is 12.6. The van der Waals surface area contributed by atoms with E-state index < -0.39 is 0 Å². The number of nitrogens with two attached hydrogens (primary N) is 1. The first-order chi connectivity index (χ1) is 17.0. The van der Waals surface area contributed by atoms with E-state index in [1.54, 1.807) is 13.2 Å². The standard InChI is InChI=1S/C25H28FN5O3S/c1-33-16-4-5-21-18(8-16)17(19(26)11-29-21)9-20(27)22-6-2-15(12-34-22)28-10-14-3-7-23-25(30-14)31-24(32)13-35-23/h3-5,7-8,11,15,20,22,28H,2,6,9-10,12-13,27H2,1H3,(H,30,31,32)/t15-,20+,22+/m1/s1. The molecule has 10 heteroatoms. The lowest BCUT2D eigenvalue weighted by molar-refractivity contribution is -0.113. The maximum atomic E-state index is 14.7. The van der Waals surface area contributed by atoms with Crippen molar-refractivity contribution in [3.63, 3.8) is 0 Å². The Kier molecular flexibility index (Phi) is 7.14. The van der Waals surface area contributed by atoms with Gasteiger partial charge >= 0.3 is 0 Å². The minimum absolute atomic E-state index is 0.0260. The zero-order valence-electron chi connectivity index (χ0n) is 19.4. The van der Waals surface area contributed by atoms with Crippen LogP contribution in [0.4, 0.5) is 10.2 Å². The molecule has 184 valence electrons. The summed E-state index contributed by atoms with van der Waals surface area (Å²) in [6.07, 6.45) is 3.11. The summed E-state index contributed by atoms with van der Waals surface area (Å²) in [6.45, 7) is 1.10. The third-order valence-electron chi connectivity index (χ3n) is 6.47. The smallest absolute Gasteiger partial charge is 0.235 e. The Morgan fingerprint density at radius 3 is 3.03 bits per heavy atom. The van der Waals surface area contributed by atoms with Crippen molar-refractivity contribution in [3.05, 3.63) is 53.6 Å². The van der Waals surface area contributed by atoms with Crippen LogP contribution < -0.4 is 21.1 Å². The van der Waals surface area contributed by atoms with Crippen LogP contribution in [0.1, 0.15) is 24.1 Å². The Morgan fingerprint density at radius 2 is 2.23 bits per heavy atom. The average molecular weight is 498 g/mol. The molecule has 4 heterocycles. The Bertz CT molecular complexity index is 1240. The van der Waals surface area contributed by atoms with Gasteiger partial charge in [-0.1, -0.05) is 0 Å². The van der Waals surface area contributed by atoms with Crippen LogP contribution in [-0.2, 0) is 22.5 Å². The van der Waals surface area contributed by atoms with Crippen LogP contribution in [0.5, 0.6) is 5.75 Å². The highest BCUT2D eigenvalue weighted by Crippen LogP contribution is 2.30. The lowest BCUT2D eigenvalue weighted by atomic mass is 9.93. The second-order valence-corrected chi connectivity index (χ2v) is 9.87. The van der Waals surface area contributed by atoms with E-state index in [1.807, 2.05) is 24.3 Å². The molecule has 0 radical (unpaired) electrons. The maximum Gasteiger partial charge on any atom is 0.235 e. The summed E-state index contributed by atoms with van der Waals surface area (Å²) in [5.41, 5.74) is 8.59. The van der Waals surface area contributed by atoms with Crippen LogP contribution in [-0.4, -0.2) is 53.5 Å². The average Bonchev–Trinajstić information content (AvgIpc) is 2.88. The highest BCUT2D eigenvalue weighted by atomic mass is 32.2. The molecule has 1 saturated heterocycles. The molecule has 4 N–H and O–H groups in total. The Morgan fingerprint density at radius 1 is 1.34 bits per heavy atom. The van der Waals surface area contributed by atoms with E-state index in [2.05, 4.69) is 20.6 Å². The number of benzene rings is 1. The molecule has 0 saturated carbocycles. The predicted molar refractivity (Wildman–Crippen MR) is 133 cm³/mol. The quantitative estimate of drug-likeness (QED) is 0.457. The highest BCUT2D eigenvalue weighted by molar-refractivity contribution is 8.00. The molecule has 1 fully saturated rings. The number of nitrogens with one attached hydrogen (secondary N) is 2. The number of aromatic nitrogens is 2. The van der Waals surface area contributed by atoms with Crippen molar-refractivity contribution in [2.45, 2.75) is 48.9 Å². The first-order valence-electron chi connectivity index (χ1n) is 11.6. The van der Waals surface area contributed by atoms with Crippen LogP contribution in [0, 0.1) is 5.82 Å². The van der Waals surface area contributed by atoms with Gasteiger partial charge in [0.25, 0.3) is 0 Å². The van der Waals surface area contributed by atoms with Crippen LogP contribution >= 0.6 is 11.8 Å². The van der Waals surface area contributed by atoms with E-state index in [0.29, 0.717) is 53.4 Å². The summed E-state index contributed by atoms with van der Waals surface area (Å²) in [6, 6.07) is 9.22. The lowest BCUT2D eigenvalue weighted by Gasteiger charge is -2.33. The lowest BCUT2D eigenvalue weighted by Crippen LogP contribution is -2.47. The first kappa shape index (κ1) is 23.9. The normalized spacial score (nSPS) is 20.8. The summed E-state index contributed by atoms with van der Waals surface area (Å²) in [5, 5.41) is 7.01. The number of methoxy groups -OCH3 is 1. The van der Waals surface area contributed by atoms with Crippen molar-refractivity contribution in [1.82, 2.24) is 15.3 Å². The summed E-state index contributed by atoms with van der Waals surface area (Å²) < 4.78 is 26.1. The number of rotatable bonds is 7. The molecule has 8 nitrogen and oxygen atoms in total. The predicted octanol–water partition coefficient (Wildman–Crippen LogP) is 3.03. The molecule has 0 spiro atoms. The monoisotopic (exact) mass is 497 g/mol. The Balaban J connectivity index is 1.16. The number of halogens is 1. The van der Waals surface area contributed by atoms with Crippen LogP contribution in [0.3, 0.4) is 0 Å². The number of amides is 1. The number of hydrogen-bond acceptors (Lipinski definition) is 8. The molecule has 0 aliphatic carbocycles. The van der Waals surface area contributed by atoms with E-state index >= 15 is 0 Å². The molecule has 35 heavy (non-hydrogen) atoms. The Labute approximate surface area is 207 Å². The van der Waals surface area contributed by atoms with Gasteiger partial charge in [-0.05, 0) is 49.6 Å². The second kappa shape index (κ2) is 10.4. The fourth-order valence-electron chi connectivity index (χ4n) is 4.53. The van der Waals surface area contributed by atoms with Gasteiger partial charge in [0.05, 0.1) is 47.9 Å². The van der Waals surface area contributed by atoms with Crippen molar-refractivity contribution in [1.29, 1.82) is 0 Å². The number of thioether (sulfide) groups is 1. The van der Waals surface area contributed by atoms with Gasteiger partial charge in [-0.15, -0.1) is 11.8 Å². The van der Waals surface area contributed by atoms with E-state index in [4.69, 9.17) is 15.2 Å². The third kappa shape index (κ3) is 5.40. The van der Waals surface area contributed by atoms with Crippen molar-refractivity contribution in [2.24, 2.45) is 5.73 Å². The van der Waals surface area contributed by atoms with E-state index in [-0.39, 0.29) is 29.9 Å². The van der Waals surface area contributed by atoms with Gasteiger partial charge in [-0.3, -0.25) is 9.78 Å². The summed E-state index contributed by atoms with van der Waals surface area (Å²) in [7, 11) is 1.58. The van der Waals surface area contributed by atoms with E-state index in [9.17, 15) is 9.18 Å². The number of carbonyl (C=O) groups is 1. The van der Waals surface area contributed by atoms with Crippen molar-refractivity contribution >= 4 is 34.4 Å². The van der Waals surface area contributed by atoms with Gasteiger partial charge in [0.2, 0.25) is 5.91 Å². The summed E-state index contributed by atoms with van der Waals surface area (Å²) in [5.74, 6) is 1.31. The molecular formula is C25H28FN5O3S. The minimum atomic E-state index is -0.372. The molecule has 2 aliphatic heterocycles. The number of pyridine rings is 2. The fourth-order valence-corrected chi connectivity index (χ4v) is 5.28. The number of fused-ring (bicyclic) bond motifs is 2. The van der Waals surface area contributed by atoms with Gasteiger partial charge in [-0.2, -0.15) is 0 Å². The van der Waals surface area contributed by atoms with E-state index in [0.717, 1.165) is 23.4 Å². The van der Waals surface area contributed by atoms with Crippen molar-refractivity contribution in [3.8, 4) is 5.75 Å². The fraction of sp³-hybridized carbons (Fsp3) is 0.400. The van der Waals surface area contributed by atoms with Gasteiger partial charge in [-0.25, -0.2) is 9.37 Å². The molecule has 3 atom stereocenters. The number of anilines is 1. The molecular weight excluding hydrogens is 469 g/mol. The molecule has 1 aromatic carbocycles. The van der Waals surface area contributed by atoms with Crippen molar-refractivity contribution < 1.29 is 18.7 Å². The van der Waals surface area contributed by atoms with Crippen LogP contribution in [0.15, 0.2) is 41.4 Å². The molecule has 2 aliphatic rings. The number of nitrogens with zero attached hydrogens (tertiary/aromatic N) is 2. The second-order valence-electron chi connectivity index (χ2n) is 8.85. The number of ether oxygens (including phenoxy) is 2. The molecule has 2 aromatic heterocycles. The molecule has 0 bridgehead atoms. The van der Waals surface area contributed by atoms with Gasteiger partial charge in [0.1, 0.15) is 17.4 Å². The number of hydrogen-bond donors (Lipinski definition) is 3. The molecule has 3 aromatic rings. The zero-order valence-corrected chi connectivity index (χ0v) is 20.2. The highest BCUT2D eigenvalue weighted by Gasteiger charge is 2.28. The van der Waals surface area contributed by atoms with Crippen LogP contribution in [0.25, 0.3) is 10.9 Å². The molecule has 5 rings (SSSR count). The van der Waals surface area contributed by atoms with Crippen molar-refractivity contribution in [2.75, 3.05) is 24.8 Å². The third-order valence-corrected chi connectivity index (χ3v) is 7.51. The maximum absolute atomic E-state index is 14.7. The SMILES string of the molecule is COc1ccc2ncc(F)c(C[C@H](N)[C@@H]3CC[C@@H](NCc4ccc5c(n4)NC(=O)CS5)CO3)c2c1. The van der Waals surface area contributed by atoms with Crippen LogP contribution in [0.2, 0.25) is 0 Å². The minimum Gasteiger partial charge on any atom is -0.497 e. The van der Waals surface area contributed by atoms with E-state index in [1.165, 1.54) is 18.0 Å². The largest absolute Gasteiger partial charge is 0.497 e. The summed E-state index contributed by atoms with van der Waals surface area (Å²) in [4.78, 5) is 21.3.